The Labute approximate surface area is 122 Å². The zero-order valence-corrected chi connectivity index (χ0v) is 13.0. The van der Waals surface area contributed by atoms with Crippen molar-refractivity contribution >= 4 is 26.0 Å². The van der Waals surface area contributed by atoms with E-state index in [0.29, 0.717) is 17.3 Å². The van der Waals surface area contributed by atoms with E-state index in [4.69, 9.17) is 0 Å². The quantitative estimate of drug-likeness (QED) is 0.878. The minimum absolute atomic E-state index is 0.156. The maximum atomic E-state index is 12.4. The molecule has 0 aliphatic heterocycles. The number of rotatable bonds is 4. The predicted octanol–water partition coefficient (Wildman–Crippen LogP) is 2.42. The van der Waals surface area contributed by atoms with E-state index in [1.807, 2.05) is 0 Å². The first-order valence-corrected chi connectivity index (χ1v) is 8.66. The standard InChI is InChI=1S/C13H18BrNO3S/c14-11-6-2-3-7-12(11)19(17,18)15-13(10-16)8-4-1-5-9-13/h2-3,6-7,15-16H,1,4-5,8-10H2. The summed E-state index contributed by atoms with van der Waals surface area (Å²) in [4.78, 5) is 0.216. The van der Waals surface area contributed by atoms with Crippen LogP contribution in [0.15, 0.2) is 33.6 Å². The Balaban J connectivity index is 2.28. The van der Waals surface area contributed by atoms with Crippen molar-refractivity contribution in [2.75, 3.05) is 6.61 Å². The number of nitrogens with one attached hydrogen (secondary N) is 1. The third-order valence-corrected chi connectivity index (χ3v) is 6.18. The van der Waals surface area contributed by atoms with Crippen molar-refractivity contribution in [1.82, 2.24) is 4.72 Å². The summed E-state index contributed by atoms with van der Waals surface area (Å²) in [7, 11) is -3.62. The van der Waals surface area contributed by atoms with Gasteiger partial charge in [0.1, 0.15) is 0 Å². The molecule has 0 radical (unpaired) electrons. The average molecular weight is 348 g/mol. The van der Waals surface area contributed by atoms with Gasteiger partial charge in [-0.15, -0.1) is 0 Å². The molecule has 1 aliphatic carbocycles. The first-order chi connectivity index (χ1) is 8.99. The van der Waals surface area contributed by atoms with Gasteiger partial charge in [0.15, 0.2) is 0 Å². The van der Waals surface area contributed by atoms with Crippen molar-refractivity contribution in [2.45, 2.75) is 42.5 Å². The highest BCUT2D eigenvalue weighted by molar-refractivity contribution is 9.10. The van der Waals surface area contributed by atoms with Gasteiger partial charge in [0.25, 0.3) is 0 Å². The molecular weight excluding hydrogens is 330 g/mol. The minimum atomic E-state index is -3.62. The second-order valence-corrected chi connectivity index (χ2v) is 7.54. The van der Waals surface area contributed by atoms with E-state index in [1.165, 1.54) is 0 Å². The maximum Gasteiger partial charge on any atom is 0.242 e. The number of benzene rings is 1. The lowest BCUT2D eigenvalue weighted by atomic mass is 9.83. The molecule has 19 heavy (non-hydrogen) atoms. The van der Waals surface area contributed by atoms with E-state index in [0.717, 1.165) is 19.3 Å². The lowest BCUT2D eigenvalue weighted by Crippen LogP contribution is -2.52. The Morgan fingerprint density at radius 3 is 2.42 bits per heavy atom. The molecule has 6 heteroatoms. The largest absolute Gasteiger partial charge is 0.394 e. The highest BCUT2D eigenvalue weighted by Gasteiger charge is 2.36. The molecule has 1 aromatic rings. The fourth-order valence-electron chi connectivity index (χ4n) is 2.52. The summed E-state index contributed by atoms with van der Waals surface area (Å²) in [6.07, 6.45) is 4.36. The van der Waals surface area contributed by atoms with Gasteiger partial charge in [-0.05, 0) is 40.9 Å². The summed E-state index contributed by atoms with van der Waals surface area (Å²) in [6, 6.07) is 6.71. The highest BCUT2D eigenvalue weighted by atomic mass is 79.9. The van der Waals surface area contributed by atoms with Gasteiger partial charge in [-0.1, -0.05) is 31.4 Å². The molecule has 0 aromatic heterocycles. The number of hydrogen-bond donors (Lipinski definition) is 2. The van der Waals surface area contributed by atoms with Crippen LogP contribution in [0.3, 0.4) is 0 Å². The van der Waals surface area contributed by atoms with E-state index in [9.17, 15) is 13.5 Å². The Bertz CT molecular complexity index is 539. The van der Waals surface area contributed by atoms with Crippen molar-refractivity contribution in [1.29, 1.82) is 0 Å². The Morgan fingerprint density at radius 2 is 1.84 bits per heavy atom. The molecule has 1 aromatic carbocycles. The Morgan fingerprint density at radius 1 is 1.21 bits per heavy atom. The van der Waals surface area contributed by atoms with Gasteiger partial charge >= 0.3 is 0 Å². The summed E-state index contributed by atoms with van der Waals surface area (Å²) >= 11 is 3.25. The number of halogens is 1. The van der Waals surface area contributed by atoms with Crippen LogP contribution < -0.4 is 4.72 Å². The topological polar surface area (TPSA) is 66.4 Å². The molecule has 0 unspecified atom stereocenters. The first kappa shape index (κ1) is 15.0. The summed E-state index contributed by atoms with van der Waals surface area (Å²) in [5, 5.41) is 9.58. The second-order valence-electron chi connectivity index (χ2n) is 5.04. The predicted molar refractivity (Wildman–Crippen MR) is 77.4 cm³/mol. The van der Waals surface area contributed by atoms with Crippen molar-refractivity contribution in [3.63, 3.8) is 0 Å². The van der Waals surface area contributed by atoms with Crippen LogP contribution >= 0.6 is 15.9 Å². The summed E-state index contributed by atoms with van der Waals surface area (Å²) in [5.41, 5.74) is -0.702. The van der Waals surface area contributed by atoms with Gasteiger partial charge < -0.3 is 5.11 Å². The number of aliphatic hydroxyl groups excluding tert-OH is 1. The molecule has 0 bridgehead atoms. The SMILES string of the molecule is O=S(=O)(NC1(CO)CCCCC1)c1ccccc1Br. The normalized spacial score (nSPS) is 19.3. The number of hydrogen-bond acceptors (Lipinski definition) is 3. The Hall–Kier alpha value is -0.430. The fraction of sp³-hybridized carbons (Fsp3) is 0.538. The second kappa shape index (κ2) is 5.91. The molecule has 2 N–H and O–H groups in total. The van der Waals surface area contributed by atoms with Gasteiger partial charge in [-0.25, -0.2) is 13.1 Å². The molecule has 0 atom stereocenters. The maximum absolute atomic E-state index is 12.4. The molecule has 0 amide bonds. The van der Waals surface area contributed by atoms with Crippen molar-refractivity contribution < 1.29 is 13.5 Å². The fourth-order valence-corrected chi connectivity index (χ4v) is 4.98. The smallest absolute Gasteiger partial charge is 0.242 e. The first-order valence-electron chi connectivity index (χ1n) is 6.38. The summed E-state index contributed by atoms with van der Waals surface area (Å²) < 4.78 is 28.1. The minimum Gasteiger partial charge on any atom is -0.394 e. The zero-order valence-electron chi connectivity index (χ0n) is 10.6. The molecule has 1 saturated carbocycles. The summed E-state index contributed by atoms with van der Waals surface area (Å²) in [5.74, 6) is 0. The van der Waals surface area contributed by atoms with E-state index in [1.54, 1.807) is 24.3 Å². The van der Waals surface area contributed by atoms with Gasteiger partial charge in [0.05, 0.1) is 17.0 Å². The van der Waals surface area contributed by atoms with Crippen LogP contribution in [0.2, 0.25) is 0 Å². The van der Waals surface area contributed by atoms with Crippen LogP contribution in [0.1, 0.15) is 32.1 Å². The number of sulfonamides is 1. The molecule has 0 heterocycles. The monoisotopic (exact) mass is 347 g/mol. The molecule has 1 fully saturated rings. The van der Waals surface area contributed by atoms with Crippen LogP contribution in [0.5, 0.6) is 0 Å². The van der Waals surface area contributed by atoms with Crippen molar-refractivity contribution in [2.24, 2.45) is 0 Å². The van der Waals surface area contributed by atoms with E-state index >= 15 is 0 Å². The van der Waals surface area contributed by atoms with Crippen LogP contribution in [-0.4, -0.2) is 25.7 Å². The lowest BCUT2D eigenvalue weighted by Gasteiger charge is -2.36. The van der Waals surface area contributed by atoms with Gasteiger partial charge in [-0.3, -0.25) is 0 Å². The van der Waals surface area contributed by atoms with E-state index < -0.39 is 15.6 Å². The molecule has 0 saturated heterocycles. The van der Waals surface area contributed by atoms with Crippen LogP contribution in [0.25, 0.3) is 0 Å². The molecule has 1 aliphatic rings. The Kier molecular flexibility index (Phi) is 4.66. The average Bonchev–Trinajstić information content (AvgIpc) is 2.39. The highest BCUT2D eigenvalue weighted by Crippen LogP contribution is 2.30. The number of aliphatic hydroxyl groups is 1. The molecule has 2 rings (SSSR count). The molecular formula is C13H18BrNO3S. The third kappa shape index (κ3) is 3.37. The van der Waals surface area contributed by atoms with Crippen LogP contribution in [0, 0.1) is 0 Å². The van der Waals surface area contributed by atoms with E-state index in [-0.39, 0.29) is 11.5 Å². The van der Waals surface area contributed by atoms with Gasteiger partial charge in [0, 0.05) is 4.47 Å². The van der Waals surface area contributed by atoms with Crippen LogP contribution in [0.4, 0.5) is 0 Å². The lowest BCUT2D eigenvalue weighted by molar-refractivity contribution is 0.142. The summed E-state index contributed by atoms with van der Waals surface area (Å²) in [6.45, 7) is -0.156. The van der Waals surface area contributed by atoms with Crippen molar-refractivity contribution in [3.8, 4) is 0 Å². The molecule has 106 valence electrons. The molecule has 0 spiro atoms. The van der Waals surface area contributed by atoms with Crippen LogP contribution in [-0.2, 0) is 10.0 Å². The zero-order chi connectivity index (χ0) is 13.9. The van der Waals surface area contributed by atoms with Gasteiger partial charge in [-0.2, -0.15) is 0 Å². The van der Waals surface area contributed by atoms with Gasteiger partial charge in [0.2, 0.25) is 10.0 Å². The van der Waals surface area contributed by atoms with E-state index in [2.05, 4.69) is 20.7 Å². The molecule has 4 nitrogen and oxygen atoms in total. The third-order valence-electron chi connectivity index (χ3n) is 3.59. The van der Waals surface area contributed by atoms with Crippen molar-refractivity contribution in [3.05, 3.63) is 28.7 Å².